The van der Waals surface area contributed by atoms with E-state index in [0.717, 1.165) is 29.3 Å². The number of hydrogen-bond donors (Lipinski definition) is 1. The van der Waals surface area contributed by atoms with E-state index in [1.165, 1.54) is 0 Å². The van der Waals surface area contributed by atoms with Crippen molar-refractivity contribution >= 4 is 41.5 Å². The van der Waals surface area contributed by atoms with Crippen molar-refractivity contribution in [2.45, 2.75) is 20.1 Å². The molecule has 34 heavy (non-hydrogen) atoms. The Morgan fingerprint density at radius 1 is 1.18 bits per heavy atom. The number of ether oxygens (including phenoxy) is 1. The number of nitrogens with zero attached hydrogens (tertiary/aromatic N) is 6. The molecule has 1 aliphatic heterocycles. The van der Waals surface area contributed by atoms with Crippen LogP contribution in [0.4, 0.5) is 5.69 Å². The highest BCUT2D eigenvalue weighted by Crippen LogP contribution is 2.17. The van der Waals surface area contributed by atoms with Crippen LogP contribution in [0.15, 0.2) is 66.0 Å². The van der Waals surface area contributed by atoms with Gasteiger partial charge in [0.15, 0.2) is 5.96 Å². The van der Waals surface area contributed by atoms with E-state index in [4.69, 9.17) is 9.73 Å². The molecule has 10 heteroatoms. The zero-order valence-electron chi connectivity index (χ0n) is 19.4. The lowest BCUT2D eigenvalue weighted by Gasteiger charge is -2.35. The lowest BCUT2D eigenvalue weighted by Crippen LogP contribution is -2.55. The number of carbonyl (C=O) groups is 1. The van der Waals surface area contributed by atoms with Crippen molar-refractivity contribution in [3.8, 4) is 5.88 Å². The maximum atomic E-state index is 12.8. The highest BCUT2D eigenvalue weighted by atomic mass is 127. The van der Waals surface area contributed by atoms with Crippen molar-refractivity contribution in [3.63, 3.8) is 0 Å². The molecule has 0 atom stereocenters. The van der Waals surface area contributed by atoms with Gasteiger partial charge in [0.05, 0.1) is 18.4 Å². The van der Waals surface area contributed by atoms with E-state index in [9.17, 15) is 4.79 Å². The number of benzene rings is 1. The van der Waals surface area contributed by atoms with Crippen LogP contribution in [0.3, 0.4) is 0 Å². The van der Waals surface area contributed by atoms with E-state index >= 15 is 0 Å². The second-order valence-corrected chi connectivity index (χ2v) is 7.79. The number of carbonyl (C=O) groups excluding carboxylic acids is 1. The third-order valence-corrected chi connectivity index (χ3v) is 5.30. The monoisotopic (exact) mass is 575 g/mol. The molecule has 1 fully saturated rings. The third kappa shape index (κ3) is 6.69. The first-order valence-corrected chi connectivity index (χ1v) is 11.1. The largest absolute Gasteiger partial charge is 0.473 e. The van der Waals surface area contributed by atoms with Crippen LogP contribution in [0.25, 0.3) is 0 Å². The van der Waals surface area contributed by atoms with Gasteiger partial charge in [-0.15, -0.1) is 24.0 Å². The summed E-state index contributed by atoms with van der Waals surface area (Å²) in [6.07, 6.45) is 5.30. The molecular formula is C24H30IN7O2. The molecular weight excluding hydrogens is 545 g/mol. The van der Waals surface area contributed by atoms with Gasteiger partial charge in [0, 0.05) is 45.1 Å². The molecule has 0 bridgehead atoms. The molecule has 0 saturated carbocycles. The van der Waals surface area contributed by atoms with Gasteiger partial charge in [-0.05, 0) is 24.1 Å². The molecule has 0 radical (unpaired) electrons. The summed E-state index contributed by atoms with van der Waals surface area (Å²) < 4.78 is 7.53. The highest BCUT2D eigenvalue weighted by Gasteiger charge is 2.27. The maximum Gasteiger partial charge on any atom is 0.246 e. The fourth-order valence-corrected chi connectivity index (χ4v) is 3.63. The summed E-state index contributed by atoms with van der Waals surface area (Å²) in [4.78, 5) is 25.6. The van der Waals surface area contributed by atoms with Gasteiger partial charge in [0.25, 0.3) is 0 Å². The third-order valence-electron chi connectivity index (χ3n) is 5.30. The second-order valence-electron chi connectivity index (χ2n) is 7.79. The fourth-order valence-electron chi connectivity index (χ4n) is 3.63. The number of halogens is 1. The van der Waals surface area contributed by atoms with E-state index < -0.39 is 0 Å². The van der Waals surface area contributed by atoms with Crippen LogP contribution in [0, 0.1) is 0 Å². The maximum absolute atomic E-state index is 12.8. The second kappa shape index (κ2) is 12.4. The topological polar surface area (TPSA) is 87.9 Å². The van der Waals surface area contributed by atoms with Crippen molar-refractivity contribution in [2.24, 2.45) is 12.0 Å². The van der Waals surface area contributed by atoms with Crippen molar-refractivity contribution in [3.05, 3.63) is 72.2 Å². The van der Waals surface area contributed by atoms with Crippen LogP contribution in [0.5, 0.6) is 5.88 Å². The molecule has 9 nitrogen and oxygen atoms in total. The smallest absolute Gasteiger partial charge is 0.246 e. The van der Waals surface area contributed by atoms with E-state index in [2.05, 4.69) is 15.4 Å². The van der Waals surface area contributed by atoms with Gasteiger partial charge >= 0.3 is 0 Å². The van der Waals surface area contributed by atoms with Crippen LogP contribution in [0.1, 0.15) is 18.1 Å². The molecule has 3 aromatic rings. The Kier molecular flexibility index (Phi) is 9.25. The summed E-state index contributed by atoms with van der Waals surface area (Å²) in [5.74, 6) is 1.32. The van der Waals surface area contributed by atoms with Gasteiger partial charge in [0.1, 0.15) is 13.2 Å². The number of aliphatic imine (C=N–C) groups is 1. The number of aryl methyl sites for hydroxylation is 1. The van der Waals surface area contributed by atoms with Crippen LogP contribution in [-0.2, 0) is 25.0 Å². The fraction of sp³-hybridized carbons (Fsp3) is 0.333. The van der Waals surface area contributed by atoms with Gasteiger partial charge in [-0.25, -0.2) is 9.98 Å². The van der Waals surface area contributed by atoms with Crippen molar-refractivity contribution in [1.29, 1.82) is 0 Å². The summed E-state index contributed by atoms with van der Waals surface area (Å²) in [5.41, 5.74) is 2.90. The molecule has 0 unspecified atom stereocenters. The number of piperazine rings is 1. The Balaban J connectivity index is 0.00000324. The van der Waals surface area contributed by atoms with E-state index in [1.54, 1.807) is 22.0 Å². The number of aromatic nitrogens is 3. The van der Waals surface area contributed by atoms with Crippen LogP contribution < -0.4 is 15.0 Å². The van der Waals surface area contributed by atoms with E-state index in [0.29, 0.717) is 32.1 Å². The van der Waals surface area contributed by atoms with Gasteiger partial charge < -0.3 is 19.9 Å². The summed E-state index contributed by atoms with van der Waals surface area (Å²) in [6.45, 7) is 5.21. The van der Waals surface area contributed by atoms with Gasteiger partial charge in [-0.3, -0.25) is 9.48 Å². The number of hydrogen-bond acceptors (Lipinski definition) is 5. The van der Waals surface area contributed by atoms with E-state index in [1.807, 2.05) is 67.5 Å². The number of amides is 1. The molecule has 0 aliphatic carbocycles. The standard InChI is InChI=1S/C24H29N7O2.HI/c1-3-25-24(30-11-12-31(23(32)17-30)21-15-28-29(2)16-21)27-14-20-9-10-26-22(13-20)33-18-19-7-5-4-6-8-19;/h4-10,13,15-16H,3,11-12,14,17-18H2,1-2H3,(H,25,27);1H. The Morgan fingerprint density at radius 3 is 2.71 bits per heavy atom. The van der Waals surface area contributed by atoms with Crippen LogP contribution in [0.2, 0.25) is 0 Å². The Hall–Kier alpha value is -3.15. The highest BCUT2D eigenvalue weighted by molar-refractivity contribution is 14.0. The van der Waals surface area contributed by atoms with Crippen molar-refractivity contribution in [1.82, 2.24) is 25.0 Å². The number of nitrogens with one attached hydrogen (secondary N) is 1. The van der Waals surface area contributed by atoms with Crippen molar-refractivity contribution < 1.29 is 9.53 Å². The molecule has 3 heterocycles. The molecule has 1 amide bonds. The minimum absolute atomic E-state index is 0. The SMILES string of the molecule is CCNC(=NCc1ccnc(OCc2ccccc2)c1)N1CCN(c2cnn(C)c2)C(=O)C1.I. The van der Waals surface area contributed by atoms with Gasteiger partial charge in [-0.2, -0.15) is 5.10 Å². The lowest BCUT2D eigenvalue weighted by atomic mass is 10.2. The molecule has 1 saturated heterocycles. The zero-order chi connectivity index (χ0) is 23.0. The average molecular weight is 575 g/mol. The summed E-state index contributed by atoms with van der Waals surface area (Å²) in [7, 11) is 1.84. The Bertz CT molecular complexity index is 1100. The molecule has 180 valence electrons. The van der Waals surface area contributed by atoms with Gasteiger partial charge in [0.2, 0.25) is 11.8 Å². The molecule has 1 aromatic carbocycles. The number of guanidine groups is 1. The normalized spacial score (nSPS) is 14.1. The molecule has 1 N–H and O–H groups in total. The molecule has 2 aromatic heterocycles. The molecule has 4 rings (SSSR count). The molecule has 0 spiro atoms. The first-order chi connectivity index (χ1) is 16.1. The molecule has 1 aliphatic rings. The minimum Gasteiger partial charge on any atom is -0.473 e. The van der Waals surface area contributed by atoms with Crippen LogP contribution >= 0.6 is 24.0 Å². The Morgan fingerprint density at radius 2 is 2.00 bits per heavy atom. The summed E-state index contributed by atoms with van der Waals surface area (Å²) >= 11 is 0. The predicted molar refractivity (Wildman–Crippen MR) is 142 cm³/mol. The number of rotatable bonds is 7. The summed E-state index contributed by atoms with van der Waals surface area (Å²) in [6, 6.07) is 13.8. The Labute approximate surface area is 216 Å². The first kappa shape index (κ1) is 25.5. The van der Waals surface area contributed by atoms with Crippen molar-refractivity contribution in [2.75, 3.05) is 31.1 Å². The first-order valence-electron chi connectivity index (χ1n) is 11.1. The average Bonchev–Trinajstić information content (AvgIpc) is 3.27. The van der Waals surface area contributed by atoms with Gasteiger partial charge in [-0.1, -0.05) is 30.3 Å². The lowest BCUT2D eigenvalue weighted by molar-refractivity contribution is -0.120. The number of anilines is 1. The quantitative estimate of drug-likeness (QED) is 0.265. The summed E-state index contributed by atoms with van der Waals surface area (Å²) in [5, 5.41) is 7.47. The minimum atomic E-state index is 0. The predicted octanol–water partition coefficient (Wildman–Crippen LogP) is 2.83. The van der Waals surface area contributed by atoms with E-state index in [-0.39, 0.29) is 36.4 Å². The number of pyridine rings is 1. The van der Waals surface area contributed by atoms with Crippen LogP contribution in [-0.4, -0.2) is 57.7 Å². The zero-order valence-corrected chi connectivity index (χ0v) is 21.8.